The van der Waals surface area contributed by atoms with Crippen LogP contribution in [0.3, 0.4) is 0 Å². The summed E-state index contributed by atoms with van der Waals surface area (Å²) in [7, 11) is 0. The summed E-state index contributed by atoms with van der Waals surface area (Å²) in [6.07, 6.45) is 4.64. The molecule has 136 valence electrons. The Morgan fingerprint density at radius 3 is 2.35 bits per heavy atom. The van der Waals surface area contributed by atoms with E-state index in [2.05, 4.69) is 55.6 Å². The molecule has 0 heterocycles. The van der Waals surface area contributed by atoms with Crippen molar-refractivity contribution in [3.05, 3.63) is 65.2 Å². The van der Waals surface area contributed by atoms with Crippen LogP contribution in [0.15, 0.2) is 58.5 Å². The fraction of sp³-hybridized carbons (Fsp3) is 0.364. The molecule has 2 aromatic rings. The fourth-order valence-corrected chi connectivity index (χ4v) is 3.44. The van der Waals surface area contributed by atoms with Gasteiger partial charge in [-0.2, -0.15) is 5.10 Å². The fourth-order valence-electron chi connectivity index (χ4n) is 3.03. The standard InChI is InChI=1S/C22H26N2OS/c1-22(2,3)17-9-7-16(8-10-17)19-13-20(19)21(25)24-23-14-15-5-11-18(26-4)12-6-15/h5-12,14,19-20H,13H2,1-4H3,(H,24,25)/t19-,20-/m1/s1. The number of rotatable bonds is 5. The molecular weight excluding hydrogens is 340 g/mol. The lowest BCUT2D eigenvalue weighted by Crippen LogP contribution is -2.20. The van der Waals surface area contributed by atoms with E-state index in [9.17, 15) is 4.79 Å². The number of amides is 1. The van der Waals surface area contributed by atoms with Crippen molar-refractivity contribution in [2.45, 2.75) is 43.4 Å². The van der Waals surface area contributed by atoms with E-state index in [-0.39, 0.29) is 17.2 Å². The van der Waals surface area contributed by atoms with E-state index in [4.69, 9.17) is 0 Å². The van der Waals surface area contributed by atoms with Crippen molar-refractivity contribution >= 4 is 23.9 Å². The summed E-state index contributed by atoms with van der Waals surface area (Å²) in [5.41, 5.74) is 6.38. The van der Waals surface area contributed by atoms with Crippen LogP contribution in [0.1, 0.15) is 49.8 Å². The molecule has 0 radical (unpaired) electrons. The van der Waals surface area contributed by atoms with Crippen molar-refractivity contribution in [1.29, 1.82) is 0 Å². The number of nitrogens with one attached hydrogen (secondary N) is 1. The molecule has 26 heavy (non-hydrogen) atoms. The van der Waals surface area contributed by atoms with E-state index >= 15 is 0 Å². The number of carbonyl (C=O) groups excluding carboxylic acids is 1. The second-order valence-electron chi connectivity index (χ2n) is 7.83. The lowest BCUT2D eigenvalue weighted by molar-refractivity contribution is -0.122. The number of nitrogens with zero attached hydrogens (tertiary/aromatic N) is 1. The summed E-state index contributed by atoms with van der Waals surface area (Å²) in [5.74, 6) is 0.360. The first kappa shape index (κ1) is 18.7. The normalized spacial score (nSPS) is 19.5. The van der Waals surface area contributed by atoms with Crippen molar-refractivity contribution in [2.75, 3.05) is 6.26 Å². The van der Waals surface area contributed by atoms with E-state index < -0.39 is 0 Å². The molecule has 4 heteroatoms. The molecule has 2 aromatic carbocycles. The molecule has 0 bridgehead atoms. The number of benzene rings is 2. The average molecular weight is 367 g/mol. The Bertz CT molecular complexity index is 788. The van der Waals surface area contributed by atoms with Gasteiger partial charge >= 0.3 is 0 Å². The first-order valence-corrected chi connectivity index (χ1v) is 10.2. The largest absolute Gasteiger partial charge is 0.273 e. The first-order valence-electron chi connectivity index (χ1n) is 8.96. The lowest BCUT2D eigenvalue weighted by atomic mass is 9.86. The topological polar surface area (TPSA) is 41.5 Å². The van der Waals surface area contributed by atoms with Gasteiger partial charge in [0.1, 0.15) is 0 Å². The quantitative estimate of drug-likeness (QED) is 0.462. The lowest BCUT2D eigenvalue weighted by Gasteiger charge is -2.19. The van der Waals surface area contributed by atoms with Crippen LogP contribution in [-0.4, -0.2) is 18.4 Å². The van der Waals surface area contributed by atoms with Gasteiger partial charge < -0.3 is 0 Å². The van der Waals surface area contributed by atoms with Crippen LogP contribution >= 0.6 is 11.8 Å². The van der Waals surface area contributed by atoms with Gasteiger partial charge in [0.15, 0.2) is 0 Å². The zero-order valence-corrected chi connectivity index (χ0v) is 16.6. The van der Waals surface area contributed by atoms with Crippen LogP contribution in [-0.2, 0) is 10.2 Å². The van der Waals surface area contributed by atoms with Crippen LogP contribution in [0.25, 0.3) is 0 Å². The van der Waals surface area contributed by atoms with Gasteiger partial charge in [-0.1, -0.05) is 57.2 Å². The third-order valence-electron chi connectivity index (χ3n) is 4.84. The van der Waals surface area contributed by atoms with Gasteiger partial charge in [0, 0.05) is 10.8 Å². The van der Waals surface area contributed by atoms with Gasteiger partial charge in [0.05, 0.1) is 6.21 Å². The molecule has 3 rings (SSSR count). The van der Waals surface area contributed by atoms with Gasteiger partial charge in [-0.25, -0.2) is 5.43 Å². The number of hydrazone groups is 1. The van der Waals surface area contributed by atoms with Gasteiger partial charge in [0.2, 0.25) is 5.91 Å². The smallest absolute Gasteiger partial charge is 0.243 e. The Labute approximate surface area is 160 Å². The predicted molar refractivity (Wildman–Crippen MR) is 110 cm³/mol. The molecule has 2 atom stereocenters. The van der Waals surface area contributed by atoms with Crippen LogP contribution in [0.2, 0.25) is 0 Å². The van der Waals surface area contributed by atoms with Gasteiger partial charge in [0.25, 0.3) is 0 Å². The summed E-state index contributed by atoms with van der Waals surface area (Å²) in [6.45, 7) is 6.63. The Balaban J connectivity index is 1.53. The zero-order chi connectivity index (χ0) is 18.7. The molecule has 0 unspecified atom stereocenters. The molecule has 0 spiro atoms. The Morgan fingerprint density at radius 1 is 1.12 bits per heavy atom. The highest BCUT2D eigenvalue weighted by molar-refractivity contribution is 7.98. The van der Waals surface area contributed by atoms with Crippen molar-refractivity contribution in [3.8, 4) is 0 Å². The zero-order valence-electron chi connectivity index (χ0n) is 15.8. The second kappa shape index (κ2) is 7.67. The third-order valence-corrected chi connectivity index (χ3v) is 5.58. The minimum Gasteiger partial charge on any atom is -0.273 e. The SMILES string of the molecule is CSc1ccc(C=NNC(=O)[C@@H]2C[C@@H]2c2ccc(C(C)(C)C)cc2)cc1. The molecule has 0 aliphatic heterocycles. The third kappa shape index (κ3) is 4.55. The maximum atomic E-state index is 12.3. The van der Waals surface area contributed by atoms with Crippen LogP contribution in [0, 0.1) is 5.92 Å². The molecular formula is C22H26N2OS. The summed E-state index contributed by atoms with van der Waals surface area (Å²) >= 11 is 1.70. The van der Waals surface area contributed by atoms with Crippen LogP contribution in [0.5, 0.6) is 0 Å². The van der Waals surface area contributed by atoms with E-state index in [1.54, 1.807) is 18.0 Å². The van der Waals surface area contributed by atoms with Gasteiger partial charge in [-0.05, 0) is 52.8 Å². The number of hydrogen-bond donors (Lipinski definition) is 1. The summed E-state index contributed by atoms with van der Waals surface area (Å²) in [6, 6.07) is 16.8. The average Bonchev–Trinajstić information content (AvgIpc) is 3.42. The summed E-state index contributed by atoms with van der Waals surface area (Å²) < 4.78 is 0. The van der Waals surface area contributed by atoms with Crippen LogP contribution in [0.4, 0.5) is 0 Å². The highest BCUT2D eigenvalue weighted by atomic mass is 32.2. The first-order chi connectivity index (χ1) is 12.4. The van der Waals surface area contributed by atoms with Gasteiger partial charge in [-0.3, -0.25) is 4.79 Å². The molecule has 1 amide bonds. The van der Waals surface area contributed by atoms with E-state index in [0.717, 1.165) is 12.0 Å². The minimum absolute atomic E-state index is 0.00637. The highest BCUT2D eigenvalue weighted by Gasteiger charge is 2.43. The molecule has 1 aliphatic rings. The minimum atomic E-state index is 0.00637. The highest BCUT2D eigenvalue weighted by Crippen LogP contribution is 2.47. The predicted octanol–water partition coefficient (Wildman–Crippen LogP) is 4.96. The molecule has 1 saturated carbocycles. The van der Waals surface area contributed by atoms with E-state index in [1.807, 2.05) is 30.5 Å². The maximum absolute atomic E-state index is 12.3. The van der Waals surface area contributed by atoms with Crippen molar-refractivity contribution in [1.82, 2.24) is 5.43 Å². The number of hydrogen-bond acceptors (Lipinski definition) is 3. The Hall–Kier alpha value is -2.07. The van der Waals surface area contributed by atoms with Crippen molar-refractivity contribution < 1.29 is 4.79 Å². The van der Waals surface area contributed by atoms with Gasteiger partial charge in [-0.15, -0.1) is 11.8 Å². The molecule has 0 saturated heterocycles. The Morgan fingerprint density at radius 2 is 1.77 bits per heavy atom. The Kier molecular flexibility index (Phi) is 5.52. The number of thioether (sulfide) groups is 1. The summed E-state index contributed by atoms with van der Waals surface area (Å²) in [4.78, 5) is 13.5. The van der Waals surface area contributed by atoms with Crippen molar-refractivity contribution in [3.63, 3.8) is 0 Å². The maximum Gasteiger partial charge on any atom is 0.243 e. The second-order valence-corrected chi connectivity index (χ2v) is 8.71. The molecule has 3 nitrogen and oxygen atoms in total. The molecule has 1 N–H and O–H groups in total. The van der Waals surface area contributed by atoms with E-state index in [0.29, 0.717) is 5.92 Å². The molecule has 1 fully saturated rings. The number of carbonyl (C=O) groups is 1. The van der Waals surface area contributed by atoms with E-state index in [1.165, 1.54) is 16.0 Å². The molecule has 1 aliphatic carbocycles. The van der Waals surface area contributed by atoms with Crippen molar-refractivity contribution in [2.24, 2.45) is 11.0 Å². The summed E-state index contributed by atoms with van der Waals surface area (Å²) in [5, 5.41) is 4.10. The molecule has 0 aromatic heterocycles. The monoisotopic (exact) mass is 366 g/mol. The van der Waals surface area contributed by atoms with Crippen LogP contribution < -0.4 is 5.43 Å².